The Morgan fingerprint density at radius 3 is 2.81 bits per heavy atom. The summed E-state index contributed by atoms with van der Waals surface area (Å²) in [5.41, 5.74) is 6.40. The van der Waals surface area contributed by atoms with E-state index < -0.39 is 0 Å². The average molecular weight is 217 g/mol. The Labute approximate surface area is 94.5 Å². The number of aromatic nitrogens is 1. The highest BCUT2D eigenvalue weighted by atomic mass is 16.3. The minimum atomic E-state index is 0.598. The summed E-state index contributed by atoms with van der Waals surface area (Å²) in [6.07, 6.45) is 2.62. The second-order valence-electron chi connectivity index (χ2n) is 3.52. The standard InChI is InChI=1S/C12H15N3O/c1-2-9-5-6-10(16-9)8-15-12-11(13)4-3-7-14-12/h3-7H,2,8,13H2,1H3,(H,14,15). The topological polar surface area (TPSA) is 64.1 Å². The molecular formula is C12H15N3O. The molecule has 2 aromatic heterocycles. The molecule has 3 N–H and O–H groups in total. The molecule has 0 aliphatic carbocycles. The van der Waals surface area contributed by atoms with Crippen LogP contribution < -0.4 is 11.1 Å². The van der Waals surface area contributed by atoms with E-state index in [9.17, 15) is 0 Å². The lowest BCUT2D eigenvalue weighted by atomic mass is 10.3. The fourth-order valence-electron chi connectivity index (χ4n) is 1.44. The van der Waals surface area contributed by atoms with Gasteiger partial charge in [-0.25, -0.2) is 4.98 Å². The molecule has 0 aromatic carbocycles. The summed E-state index contributed by atoms with van der Waals surface area (Å²) in [6, 6.07) is 7.57. The zero-order valence-electron chi connectivity index (χ0n) is 9.23. The first-order valence-corrected chi connectivity index (χ1v) is 5.31. The number of nitrogens with two attached hydrogens (primary N) is 1. The third kappa shape index (κ3) is 2.34. The van der Waals surface area contributed by atoms with Gasteiger partial charge in [-0.3, -0.25) is 0 Å². The van der Waals surface area contributed by atoms with E-state index in [1.165, 1.54) is 0 Å². The Kier molecular flexibility index (Phi) is 3.10. The van der Waals surface area contributed by atoms with Crippen molar-refractivity contribution >= 4 is 11.5 Å². The van der Waals surface area contributed by atoms with Crippen LogP contribution in [0.3, 0.4) is 0 Å². The van der Waals surface area contributed by atoms with Gasteiger partial charge in [-0.15, -0.1) is 0 Å². The number of nitrogens with one attached hydrogen (secondary N) is 1. The number of anilines is 2. The van der Waals surface area contributed by atoms with Gasteiger partial charge in [0.05, 0.1) is 12.2 Å². The van der Waals surface area contributed by atoms with E-state index in [0.29, 0.717) is 18.1 Å². The first-order valence-electron chi connectivity index (χ1n) is 5.31. The van der Waals surface area contributed by atoms with Gasteiger partial charge in [0.25, 0.3) is 0 Å². The number of rotatable bonds is 4. The van der Waals surface area contributed by atoms with Crippen LogP contribution in [0.4, 0.5) is 11.5 Å². The Morgan fingerprint density at radius 1 is 1.31 bits per heavy atom. The van der Waals surface area contributed by atoms with Gasteiger partial charge in [-0.1, -0.05) is 6.92 Å². The van der Waals surface area contributed by atoms with Crippen LogP contribution in [0.15, 0.2) is 34.9 Å². The number of nitrogens with zero attached hydrogens (tertiary/aromatic N) is 1. The Hall–Kier alpha value is -1.97. The molecule has 4 heteroatoms. The number of pyridine rings is 1. The van der Waals surface area contributed by atoms with E-state index >= 15 is 0 Å². The molecular weight excluding hydrogens is 202 g/mol. The summed E-state index contributed by atoms with van der Waals surface area (Å²) < 4.78 is 5.56. The van der Waals surface area contributed by atoms with E-state index in [-0.39, 0.29) is 0 Å². The Bertz CT molecular complexity index is 465. The van der Waals surface area contributed by atoms with Crippen LogP contribution >= 0.6 is 0 Å². The first kappa shape index (κ1) is 10.5. The van der Waals surface area contributed by atoms with E-state index in [2.05, 4.69) is 17.2 Å². The quantitative estimate of drug-likeness (QED) is 0.825. The maximum absolute atomic E-state index is 5.76. The molecule has 84 valence electrons. The highest BCUT2D eigenvalue weighted by Gasteiger charge is 2.02. The molecule has 0 fully saturated rings. The molecule has 2 heterocycles. The predicted octanol–water partition coefficient (Wildman–Crippen LogP) is 2.43. The molecule has 16 heavy (non-hydrogen) atoms. The molecule has 0 saturated carbocycles. The minimum absolute atomic E-state index is 0.598. The maximum Gasteiger partial charge on any atom is 0.149 e. The third-order valence-corrected chi connectivity index (χ3v) is 2.33. The van der Waals surface area contributed by atoms with Crippen LogP contribution in [-0.4, -0.2) is 4.98 Å². The minimum Gasteiger partial charge on any atom is -0.464 e. The van der Waals surface area contributed by atoms with Crippen molar-refractivity contribution in [2.75, 3.05) is 11.1 Å². The van der Waals surface area contributed by atoms with Gasteiger partial charge >= 0.3 is 0 Å². The number of nitrogen functional groups attached to an aromatic ring is 1. The maximum atomic E-state index is 5.76. The van der Waals surface area contributed by atoms with Crippen LogP contribution in [0.25, 0.3) is 0 Å². The Balaban J connectivity index is 1.99. The van der Waals surface area contributed by atoms with Crippen molar-refractivity contribution in [3.63, 3.8) is 0 Å². The molecule has 0 amide bonds. The summed E-state index contributed by atoms with van der Waals surface area (Å²) >= 11 is 0. The normalized spacial score (nSPS) is 10.3. The molecule has 0 saturated heterocycles. The third-order valence-electron chi connectivity index (χ3n) is 2.33. The van der Waals surface area contributed by atoms with E-state index in [1.807, 2.05) is 24.3 Å². The number of hydrogen-bond acceptors (Lipinski definition) is 4. The van der Waals surface area contributed by atoms with Gasteiger partial charge in [0.1, 0.15) is 17.3 Å². The lowest BCUT2D eigenvalue weighted by molar-refractivity contribution is 0.476. The van der Waals surface area contributed by atoms with Crippen molar-refractivity contribution < 1.29 is 4.42 Å². The SMILES string of the molecule is CCc1ccc(CNc2ncccc2N)o1. The van der Waals surface area contributed by atoms with Crippen molar-refractivity contribution in [2.45, 2.75) is 19.9 Å². The monoisotopic (exact) mass is 217 g/mol. The molecule has 2 aromatic rings. The van der Waals surface area contributed by atoms with Gasteiger partial charge < -0.3 is 15.5 Å². The fourth-order valence-corrected chi connectivity index (χ4v) is 1.44. The molecule has 0 aliphatic heterocycles. The molecule has 4 nitrogen and oxygen atoms in total. The largest absolute Gasteiger partial charge is 0.464 e. The number of furan rings is 1. The number of aryl methyl sites for hydroxylation is 1. The lowest BCUT2D eigenvalue weighted by Gasteiger charge is -2.05. The second kappa shape index (κ2) is 4.70. The van der Waals surface area contributed by atoms with Crippen LogP contribution in [0.2, 0.25) is 0 Å². The summed E-state index contributed by atoms with van der Waals surface area (Å²) in [5, 5.41) is 3.14. The molecule has 0 spiro atoms. The van der Waals surface area contributed by atoms with Crippen molar-refractivity contribution in [1.29, 1.82) is 0 Å². The average Bonchev–Trinajstić information content (AvgIpc) is 2.76. The van der Waals surface area contributed by atoms with Crippen LogP contribution in [0.5, 0.6) is 0 Å². The summed E-state index contributed by atoms with van der Waals surface area (Å²) in [4.78, 5) is 4.14. The fraction of sp³-hybridized carbons (Fsp3) is 0.250. The van der Waals surface area contributed by atoms with Crippen molar-refractivity contribution in [3.8, 4) is 0 Å². The zero-order valence-corrected chi connectivity index (χ0v) is 9.23. The summed E-state index contributed by atoms with van der Waals surface area (Å²) in [5.74, 6) is 2.57. The lowest BCUT2D eigenvalue weighted by Crippen LogP contribution is -2.03. The Morgan fingerprint density at radius 2 is 2.12 bits per heavy atom. The molecule has 0 atom stereocenters. The molecule has 2 rings (SSSR count). The highest BCUT2D eigenvalue weighted by Crippen LogP contribution is 2.15. The van der Waals surface area contributed by atoms with Crippen LogP contribution in [-0.2, 0) is 13.0 Å². The van der Waals surface area contributed by atoms with Gasteiger partial charge in [0.15, 0.2) is 0 Å². The van der Waals surface area contributed by atoms with E-state index in [4.69, 9.17) is 10.2 Å². The molecule has 0 bridgehead atoms. The molecule has 0 radical (unpaired) electrons. The van der Waals surface area contributed by atoms with Gasteiger partial charge in [0.2, 0.25) is 0 Å². The highest BCUT2D eigenvalue weighted by molar-refractivity contribution is 5.60. The molecule has 0 unspecified atom stereocenters. The number of hydrogen-bond donors (Lipinski definition) is 2. The summed E-state index contributed by atoms with van der Waals surface area (Å²) in [7, 11) is 0. The van der Waals surface area contributed by atoms with E-state index in [0.717, 1.165) is 17.9 Å². The van der Waals surface area contributed by atoms with Gasteiger partial charge in [-0.05, 0) is 24.3 Å². The van der Waals surface area contributed by atoms with Crippen molar-refractivity contribution in [3.05, 3.63) is 42.0 Å². The zero-order chi connectivity index (χ0) is 11.4. The molecule has 0 aliphatic rings. The second-order valence-corrected chi connectivity index (χ2v) is 3.52. The smallest absolute Gasteiger partial charge is 0.149 e. The first-order chi connectivity index (χ1) is 7.79. The van der Waals surface area contributed by atoms with E-state index in [1.54, 1.807) is 6.20 Å². The van der Waals surface area contributed by atoms with Gasteiger partial charge in [-0.2, -0.15) is 0 Å². The van der Waals surface area contributed by atoms with Crippen molar-refractivity contribution in [1.82, 2.24) is 4.98 Å². The van der Waals surface area contributed by atoms with Crippen LogP contribution in [0, 0.1) is 0 Å². The van der Waals surface area contributed by atoms with Crippen molar-refractivity contribution in [2.24, 2.45) is 0 Å². The van der Waals surface area contributed by atoms with Crippen LogP contribution in [0.1, 0.15) is 18.4 Å². The summed E-state index contributed by atoms with van der Waals surface area (Å²) in [6.45, 7) is 2.66. The predicted molar refractivity (Wildman–Crippen MR) is 64.1 cm³/mol. The van der Waals surface area contributed by atoms with Gasteiger partial charge in [0, 0.05) is 12.6 Å².